The Bertz CT molecular complexity index is 317. The van der Waals surface area contributed by atoms with Crippen LogP contribution in [0.15, 0.2) is 36.5 Å². The number of hydrogen-bond acceptors (Lipinski definition) is 1. The van der Waals surface area contributed by atoms with E-state index in [4.69, 9.17) is 6.57 Å². The van der Waals surface area contributed by atoms with E-state index in [1.807, 2.05) is 19.1 Å². The molecular formula is C10H10N2. The van der Waals surface area contributed by atoms with E-state index in [2.05, 4.69) is 16.7 Å². The molecular weight excluding hydrogens is 148 g/mol. The zero-order valence-corrected chi connectivity index (χ0v) is 6.96. The van der Waals surface area contributed by atoms with Crippen LogP contribution in [0, 0.1) is 6.57 Å². The van der Waals surface area contributed by atoms with Gasteiger partial charge in [0.25, 0.3) is 0 Å². The smallest absolute Gasteiger partial charge is 0.187 e. The molecule has 1 aromatic carbocycles. The van der Waals surface area contributed by atoms with E-state index in [9.17, 15) is 0 Å². The lowest BCUT2D eigenvalue weighted by atomic mass is 10.3. The third-order valence-corrected chi connectivity index (χ3v) is 1.35. The van der Waals surface area contributed by atoms with Gasteiger partial charge >= 0.3 is 0 Å². The second-order valence-electron chi connectivity index (χ2n) is 2.56. The molecule has 1 rings (SSSR count). The Hall–Kier alpha value is -1.75. The highest BCUT2D eigenvalue weighted by Crippen LogP contribution is 2.16. The molecule has 1 aromatic rings. The van der Waals surface area contributed by atoms with Crippen LogP contribution < -0.4 is 5.32 Å². The summed E-state index contributed by atoms with van der Waals surface area (Å²) in [6, 6.07) is 7.28. The second-order valence-corrected chi connectivity index (χ2v) is 2.56. The first-order valence-electron chi connectivity index (χ1n) is 3.62. The normalized spacial score (nSPS) is 8.67. The fraction of sp³-hybridized carbons (Fsp3) is 0.100. The van der Waals surface area contributed by atoms with Crippen LogP contribution in [0.1, 0.15) is 6.92 Å². The first kappa shape index (κ1) is 8.35. The van der Waals surface area contributed by atoms with E-state index >= 15 is 0 Å². The summed E-state index contributed by atoms with van der Waals surface area (Å²) in [5.74, 6) is 0. The fourth-order valence-electron chi connectivity index (χ4n) is 0.866. The summed E-state index contributed by atoms with van der Waals surface area (Å²) in [5.41, 5.74) is 2.52. The quantitative estimate of drug-likeness (QED) is 0.654. The van der Waals surface area contributed by atoms with Gasteiger partial charge in [-0.2, -0.15) is 0 Å². The first-order valence-corrected chi connectivity index (χ1v) is 3.62. The lowest BCUT2D eigenvalue weighted by Gasteiger charge is -2.03. The summed E-state index contributed by atoms with van der Waals surface area (Å²) in [7, 11) is 0. The highest BCUT2D eigenvalue weighted by atomic mass is 14.9. The van der Waals surface area contributed by atoms with Gasteiger partial charge in [0.05, 0.1) is 6.57 Å². The Morgan fingerprint density at radius 2 is 2.00 bits per heavy atom. The Kier molecular flexibility index (Phi) is 2.49. The molecule has 1 N–H and O–H groups in total. The molecule has 0 unspecified atom stereocenters. The number of rotatable bonds is 2. The number of nitrogens with zero attached hydrogens (tertiary/aromatic N) is 1. The maximum atomic E-state index is 6.74. The molecule has 0 bridgehead atoms. The summed E-state index contributed by atoms with van der Waals surface area (Å²) in [4.78, 5) is 3.29. The van der Waals surface area contributed by atoms with E-state index in [0.29, 0.717) is 5.69 Å². The molecule has 0 amide bonds. The van der Waals surface area contributed by atoms with Crippen LogP contribution in [0.25, 0.3) is 4.85 Å². The van der Waals surface area contributed by atoms with Gasteiger partial charge in [0.1, 0.15) is 0 Å². The second kappa shape index (κ2) is 3.59. The number of nitrogens with one attached hydrogen (secondary N) is 1. The number of hydrogen-bond donors (Lipinski definition) is 1. The number of allylic oxidation sites excluding steroid dienone is 1. The summed E-state index contributed by atoms with van der Waals surface area (Å²) in [6.45, 7) is 12.4. The maximum Gasteiger partial charge on any atom is 0.187 e. The Morgan fingerprint density at radius 3 is 2.42 bits per heavy atom. The molecule has 0 heterocycles. The predicted octanol–water partition coefficient (Wildman–Crippen LogP) is 3.18. The molecule has 0 saturated heterocycles. The average Bonchev–Trinajstić information content (AvgIpc) is 2.05. The van der Waals surface area contributed by atoms with E-state index in [-0.39, 0.29) is 0 Å². The Morgan fingerprint density at radius 1 is 1.42 bits per heavy atom. The maximum absolute atomic E-state index is 6.74. The third-order valence-electron chi connectivity index (χ3n) is 1.35. The summed E-state index contributed by atoms with van der Waals surface area (Å²) in [6.07, 6.45) is 0. The van der Waals surface area contributed by atoms with Crippen LogP contribution in [-0.4, -0.2) is 0 Å². The lowest BCUT2D eigenvalue weighted by Crippen LogP contribution is -1.91. The van der Waals surface area contributed by atoms with Gasteiger partial charge in [-0.05, 0) is 19.1 Å². The molecule has 0 saturated carbocycles. The van der Waals surface area contributed by atoms with Gasteiger partial charge in [0.15, 0.2) is 5.69 Å². The standard InChI is InChI=1S/C10H10N2/c1-8(2)12-10-6-4-9(11-3)5-7-10/h4-7,12H,1H2,2H3. The largest absolute Gasteiger partial charge is 0.360 e. The number of benzene rings is 1. The van der Waals surface area contributed by atoms with Crippen molar-refractivity contribution in [1.82, 2.24) is 0 Å². The van der Waals surface area contributed by atoms with Crippen molar-refractivity contribution in [1.29, 1.82) is 0 Å². The molecule has 2 nitrogen and oxygen atoms in total. The Labute approximate surface area is 72.4 Å². The van der Waals surface area contributed by atoms with Crippen LogP contribution in [0.2, 0.25) is 0 Å². The molecule has 2 heteroatoms. The van der Waals surface area contributed by atoms with Gasteiger partial charge in [-0.15, -0.1) is 0 Å². The van der Waals surface area contributed by atoms with Crippen molar-refractivity contribution in [2.24, 2.45) is 0 Å². The van der Waals surface area contributed by atoms with Crippen LogP contribution in [0.4, 0.5) is 11.4 Å². The van der Waals surface area contributed by atoms with Gasteiger partial charge in [-0.1, -0.05) is 18.7 Å². The zero-order valence-electron chi connectivity index (χ0n) is 6.96. The van der Waals surface area contributed by atoms with Crippen molar-refractivity contribution in [2.45, 2.75) is 6.92 Å². The van der Waals surface area contributed by atoms with Crippen LogP contribution >= 0.6 is 0 Å². The van der Waals surface area contributed by atoms with E-state index in [1.165, 1.54) is 0 Å². The minimum Gasteiger partial charge on any atom is -0.360 e. The van der Waals surface area contributed by atoms with Crippen molar-refractivity contribution in [3.8, 4) is 0 Å². The molecule has 0 radical (unpaired) electrons. The molecule has 0 fully saturated rings. The fourth-order valence-corrected chi connectivity index (χ4v) is 0.866. The van der Waals surface area contributed by atoms with Crippen molar-refractivity contribution >= 4 is 11.4 Å². The predicted molar refractivity (Wildman–Crippen MR) is 51.1 cm³/mol. The minimum atomic E-state index is 0.655. The molecule has 0 aliphatic heterocycles. The van der Waals surface area contributed by atoms with E-state index in [1.54, 1.807) is 12.1 Å². The zero-order chi connectivity index (χ0) is 8.97. The van der Waals surface area contributed by atoms with Crippen molar-refractivity contribution < 1.29 is 0 Å². The van der Waals surface area contributed by atoms with Crippen LogP contribution in [0.3, 0.4) is 0 Å². The molecule has 12 heavy (non-hydrogen) atoms. The van der Waals surface area contributed by atoms with Gasteiger partial charge in [0.2, 0.25) is 0 Å². The molecule has 0 aliphatic carbocycles. The van der Waals surface area contributed by atoms with E-state index < -0.39 is 0 Å². The van der Waals surface area contributed by atoms with Crippen LogP contribution in [-0.2, 0) is 0 Å². The van der Waals surface area contributed by atoms with Gasteiger partial charge < -0.3 is 5.32 Å². The average molecular weight is 158 g/mol. The first-order chi connectivity index (χ1) is 5.72. The van der Waals surface area contributed by atoms with Crippen molar-refractivity contribution in [3.05, 3.63) is 48.0 Å². The van der Waals surface area contributed by atoms with Gasteiger partial charge in [-0.3, -0.25) is 0 Å². The summed E-state index contributed by atoms with van der Waals surface area (Å²) < 4.78 is 0. The van der Waals surface area contributed by atoms with Crippen LogP contribution in [0.5, 0.6) is 0 Å². The number of anilines is 1. The van der Waals surface area contributed by atoms with Gasteiger partial charge in [0, 0.05) is 11.4 Å². The molecule has 0 atom stereocenters. The molecule has 0 aliphatic rings. The molecule has 60 valence electrons. The minimum absolute atomic E-state index is 0.655. The highest BCUT2D eigenvalue weighted by Gasteiger charge is 1.91. The summed E-state index contributed by atoms with van der Waals surface area (Å²) in [5, 5.41) is 3.06. The van der Waals surface area contributed by atoms with Crippen molar-refractivity contribution in [3.63, 3.8) is 0 Å². The molecule has 0 aromatic heterocycles. The monoisotopic (exact) mass is 158 g/mol. The highest BCUT2D eigenvalue weighted by molar-refractivity contribution is 5.55. The molecule has 0 spiro atoms. The SMILES string of the molecule is [C-]#[N+]c1ccc(NC(=C)C)cc1. The van der Waals surface area contributed by atoms with E-state index in [0.717, 1.165) is 11.4 Å². The van der Waals surface area contributed by atoms with Gasteiger partial charge in [-0.25, -0.2) is 4.85 Å². The summed E-state index contributed by atoms with van der Waals surface area (Å²) >= 11 is 0. The third kappa shape index (κ3) is 2.14. The van der Waals surface area contributed by atoms with Crippen molar-refractivity contribution in [2.75, 3.05) is 5.32 Å². The Balaban J connectivity index is 2.80. The lowest BCUT2D eigenvalue weighted by molar-refractivity contribution is 1.40. The topological polar surface area (TPSA) is 16.4 Å².